The van der Waals surface area contributed by atoms with Gasteiger partial charge in [-0.2, -0.15) is 0 Å². The van der Waals surface area contributed by atoms with E-state index in [-0.39, 0.29) is 18.3 Å². The van der Waals surface area contributed by atoms with Gasteiger partial charge in [0.1, 0.15) is 11.6 Å². The van der Waals surface area contributed by atoms with Gasteiger partial charge in [0.15, 0.2) is 6.61 Å². The fourth-order valence-corrected chi connectivity index (χ4v) is 2.34. The first-order valence-corrected chi connectivity index (χ1v) is 7.46. The van der Waals surface area contributed by atoms with Gasteiger partial charge in [0.2, 0.25) is 5.95 Å². The number of ether oxygens (including phenoxy) is 1. The lowest BCUT2D eigenvalue weighted by molar-refractivity contribution is -0.118. The van der Waals surface area contributed by atoms with Gasteiger partial charge >= 0.3 is 0 Å². The van der Waals surface area contributed by atoms with E-state index in [1.165, 1.54) is 24.3 Å². The lowest BCUT2D eigenvalue weighted by Gasteiger charge is -2.14. The zero-order chi connectivity index (χ0) is 16.1. The highest BCUT2D eigenvalue weighted by Crippen LogP contribution is 2.16. The van der Waals surface area contributed by atoms with Crippen molar-refractivity contribution < 1.29 is 13.9 Å². The Morgan fingerprint density at radius 2 is 1.83 bits per heavy atom. The van der Waals surface area contributed by atoms with E-state index in [2.05, 4.69) is 20.2 Å². The van der Waals surface area contributed by atoms with Crippen LogP contribution in [0.15, 0.2) is 36.7 Å². The standard InChI is InChI=1S/C16H17FN4O2/c17-12-3-5-14(6-4-12)23-11-15(22)20-13-9-18-16(19-10-13)21-7-1-2-8-21/h3-6,9-10H,1-2,7-8,11H2,(H,20,22). The van der Waals surface area contributed by atoms with Crippen molar-refractivity contribution in [3.8, 4) is 5.75 Å². The maximum Gasteiger partial charge on any atom is 0.262 e. The quantitative estimate of drug-likeness (QED) is 0.916. The number of carbonyl (C=O) groups is 1. The Morgan fingerprint density at radius 1 is 1.17 bits per heavy atom. The fourth-order valence-electron chi connectivity index (χ4n) is 2.34. The molecule has 6 nitrogen and oxygen atoms in total. The second kappa shape index (κ2) is 7.04. The van der Waals surface area contributed by atoms with Crippen LogP contribution in [0.1, 0.15) is 12.8 Å². The van der Waals surface area contributed by atoms with Crippen molar-refractivity contribution in [2.24, 2.45) is 0 Å². The van der Waals surface area contributed by atoms with Crippen molar-refractivity contribution in [1.82, 2.24) is 9.97 Å². The van der Waals surface area contributed by atoms with Crippen LogP contribution in [-0.4, -0.2) is 35.6 Å². The molecule has 0 aliphatic carbocycles. The van der Waals surface area contributed by atoms with Crippen molar-refractivity contribution in [2.75, 3.05) is 29.9 Å². The molecular formula is C16H17FN4O2. The van der Waals surface area contributed by atoms with Gasteiger partial charge in [-0.15, -0.1) is 0 Å². The number of carbonyl (C=O) groups excluding carboxylic acids is 1. The number of nitrogens with one attached hydrogen (secondary N) is 1. The summed E-state index contributed by atoms with van der Waals surface area (Å²) in [5.41, 5.74) is 0.514. The predicted molar refractivity (Wildman–Crippen MR) is 84.0 cm³/mol. The average molecular weight is 316 g/mol. The number of nitrogens with zero attached hydrogens (tertiary/aromatic N) is 3. The zero-order valence-electron chi connectivity index (χ0n) is 12.5. The molecule has 1 aromatic carbocycles. The summed E-state index contributed by atoms with van der Waals surface area (Å²) >= 11 is 0. The van der Waals surface area contributed by atoms with Crippen molar-refractivity contribution in [1.29, 1.82) is 0 Å². The summed E-state index contributed by atoms with van der Waals surface area (Å²) < 4.78 is 18.0. The molecule has 0 saturated carbocycles. The molecule has 0 bridgehead atoms. The van der Waals surface area contributed by atoms with Gasteiger partial charge in [-0.1, -0.05) is 0 Å². The smallest absolute Gasteiger partial charge is 0.262 e. The number of anilines is 2. The van der Waals surface area contributed by atoms with Crippen LogP contribution in [0.25, 0.3) is 0 Å². The van der Waals surface area contributed by atoms with E-state index < -0.39 is 0 Å². The molecule has 2 aromatic rings. The Hall–Kier alpha value is -2.70. The average Bonchev–Trinajstić information content (AvgIpc) is 3.09. The predicted octanol–water partition coefficient (Wildman–Crippen LogP) is 2.23. The lowest BCUT2D eigenvalue weighted by atomic mass is 10.3. The number of hydrogen-bond donors (Lipinski definition) is 1. The third kappa shape index (κ3) is 4.15. The fraction of sp³-hybridized carbons (Fsp3) is 0.312. The van der Waals surface area contributed by atoms with Gasteiger partial charge in [0.05, 0.1) is 18.1 Å². The summed E-state index contributed by atoms with van der Waals surface area (Å²) in [6.45, 7) is 1.77. The Labute approximate surface area is 133 Å². The van der Waals surface area contributed by atoms with Crippen LogP contribution < -0.4 is 15.0 Å². The van der Waals surface area contributed by atoms with E-state index in [9.17, 15) is 9.18 Å². The molecule has 1 aliphatic rings. The monoisotopic (exact) mass is 316 g/mol. The van der Waals surface area contributed by atoms with Crippen LogP contribution in [0.2, 0.25) is 0 Å². The zero-order valence-corrected chi connectivity index (χ0v) is 12.5. The van der Waals surface area contributed by atoms with Crippen molar-refractivity contribution in [3.05, 3.63) is 42.5 Å². The Kier molecular flexibility index (Phi) is 4.65. The van der Waals surface area contributed by atoms with Crippen LogP contribution >= 0.6 is 0 Å². The van der Waals surface area contributed by atoms with Gasteiger partial charge in [-0.25, -0.2) is 14.4 Å². The van der Waals surface area contributed by atoms with Crippen LogP contribution in [0.4, 0.5) is 16.0 Å². The maximum absolute atomic E-state index is 12.8. The molecule has 1 aliphatic heterocycles. The molecule has 0 atom stereocenters. The van der Waals surface area contributed by atoms with Gasteiger partial charge in [0, 0.05) is 13.1 Å². The molecule has 0 radical (unpaired) electrons. The summed E-state index contributed by atoms with van der Waals surface area (Å²) in [4.78, 5) is 22.5. The first-order valence-electron chi connectivity index (χ1n) is 7.46. The number of rotatable bonds is 5. The van der Waals surface area contributed by atoms with Gasteiger partial charge in [-0.05, 0) is 37.1 Å². The van der Waals surface area contributed by atoms with Gasteiger partial charge in [0.25, 0.3) is 5.91 Å². The van der Waals surface area contributed by atoms with E-state index in [0.717, 1.165) is 25.9 Å². The topological polar surface area (TPSA) is 67.3 Å². The van der Waals surface area contributed by atoms with Crippen molar-refractivity contribution >= 4 is 17.5 Å². The molecule has 23 heavy (non-hydrogen) atoms. The first-order chi connectivity index (χ1) is 11.2. The Bertz CT molecular complexity index is 655. The number of halogens is 1. The van der Waals surface area contributed by atoms with E-state index in [1.807, 2.05) is 0 Å². The van der Waals surface area contributed by atoms with Crippen molar-refractivity contribution in [2.45, 2.75) is 12.8 Å². The van der Waals surface area contributed by atoms with Crippen molar-refractivity contribution in [3.63, 3.8) is 0 Å². The van der Waals surface area contributed by atoms with Gasteiger partial charge in [-0.3, -0.25) is 4.79 Å². The molecule has 1 fully saturated rings. The molecule has 120 valence electrons. The van der Waals surface area contributed by atoms with E-state index >= 15 is 0 Å². The summed E-state index contributed by atoms with van der Waals surface area (Å²) in [5.74, 6) is 0.439. The van der Waals surface area contributed by atoms with Gasteiger partial charge < -0.3 is 15.0 Å². The highest BCUT2D eigenvalue weighted by atomic mass is 19.1. The number of benzene rings is 1. The normalized spacial score (nSPS) is 13.9. The SMILES string of the molecule is O=C(COc1ccc(F)cc1)Nc1cnc(N2CCCC2)nc1. The Balaban J connectivity index is 1.50. The number of hydrogen-bond acceptors (Lipinski definition) is 5. The summed E-state index contributed by atoms with van der Waals surface area (Å²) in [6.07, 6.45) is 5.47. The first kappa shape index (κ1) is 15.2. The minimum atomic E-state index is -0.350. The molecule has 0 unspecified atom stereocenters. The molecule has 1 saturated heterocycles. The van der Waals surface area contributed by atoms with E-state index in [0.29, 0.717) is 17.4 Å². The molecule has 1 aromatic heterocycles. The third-order valence-corrected chi connectivity index (χ3v) is 3.49. The molecule has 3 rings (SSSR count). The second-order valence-electron chi connectivity index (χ2n) is 5.26. The molecule has 7 heteroatoms. The van der Waals surface area contributed by atoms with Crippen LogP contribution in [0.5, 0.6) is 5.75 Å². The molecule has 1 amide bonds. The lowest BCUT2D eigenvalue weighted by Crippen LogP contribution is -2.22. The minimum absolute atomic E-state index is 0.167. The van der Waals surface area contributed by atoms with E-state index in [4.69, 9.17) is 4.74 Å². The number of aromatic nitrogens is 2. The molecule has 0 spiro atoms. The summed E-state index contributed by atoms with van der Waals surface area (Å²) in [7, 11) is 0. The maximum atomic E-state index is 12.8. The second-order valence-corrected chi connectivity index (χ2v) is 5.26. The Morgan fingerprint density at radius 3 is 2.48 bits per heavy atom. The van der Waals surface area contributed by atoms with Crippen LogP contribution in [0, 0.1) is 5.82 Å². The van der Waals surface area contributed by atoms with Crippen LogP contribution in [-0.2, 0) is 4.79 Å². The third-order valence-electron chi connectivity index (χ3n) is 3.49. The highest BCUT2D eigenvalue weighted by molar-refractivity contribution is 5.91. The summed E-state index contributed by atoms with van der Waals surface area (Å²) in [6, 6.07) is 5.49. The summed E-state index contributed by atoms with van der Waals surface area (Å²) in [5, 5.41) is 2.66. The molecule has 2 heterocycles. The van der Waals surface area contributed by atoms with Crippen LogP contribution in [0.3, 0.4) is 0 Å². The molecule has 1 N–H and O–H groups in total. The molecular weight excluding hydrogens is 299 g/mol. The number of amides is 1. The van der Waals surface area contributed by atoms with E-state index in [1.54, 1.807) is 12.4 Å². The minimum Gasteiger partial charge on any atom is -0.484 e. The largest absolute Gasteiger partial charge is 0.484 e. The highest BCUT2D eigenvalue weighted by Gasteiger charge is 2.14.